The minimum absolute atomic E-state index is 0.0470. The van der Waals surface area contributed by atoms with Crippen molar-refractivity contribution in [3.8, 4) is 29.0 Å². The number of rotatable bonds is 7. The summed E-state index contributed by atoms with van der Waals surface area (Å²) in [6.45, 7) is 10.9. The smallest absolute Gasteiger partial charge is 0.240 e. The van der Waals surface area contributed by atoms with Crippen LogP contribution in [0.15, 0.2) is 24.4 Å². The van der Waals surface area contributed by atoms with Gasteiger partial charge in [-0.05, 0) is 76.8 Å². The second-order valence-corrected chi connectivity index (χ2v) is 12.1. The molecule has 1 atom stereocenters. The molecule has 45 heavy (non-hydrogen) atoms. The summed E-state index contributed by atoms with van der Waals surface area (Å²) >= 11 is 0. The molecule has 0 saturated carbocycles. The van der Waals surface area contributed by atoms with E-state index in [1.165, 1.54) is 0 Å². The number of aliphatic hydroxyl groups is 1. The minimum atomic E-state index is -0.139. The molecule has 1 fully saturated rings. The second-order valence-electron chi connectivity index (χ2n) is 12.1. The fraction of sp³-hybridized carbons (Fsp3) is 0.515. The standard InChI is InChI=1S/C33H42N8O4/c1-22(2)38-15-18-44-33-27(20-35-40(33)13-12-34)24-8-11-29-26(19-24)28(36-41(29)31-7-5-6-17-43-31)10-9-25-30(21-38)39(14-16-42)37-32(25)45-23(3)4/h8-11,19-20,22-23,31,42H,5-7,13-18,21H2,1-4H3/b10-9+. The van der Waals surface area contributed by atoms with Crippen LogP contribution in [0.2, 0.25) is 0 Å². The topological polar surface area (TPSA) is 128 Å². The molecule has 4 aromatic rings. The molecule has 12 heteroatoms. The quantitative estimate of drug-likeness (QED) is 0.310. The van der Waals surface area contributed by atoms with Gasteiger partial charge in [0, 0.05) is 31.1 Å². The van der Waals surface area contributed by atoms with Crippen molar-refractivity contribution >= 4 is 23.1 Å². The second kappa shape index (κ2) is 13.4. The highest BCUT2D eigenvalue weighted by Gasteiger charge is 2.25. The summed E-state index contributed by atoms with van der Waals surface area (Å²) in [5, 5.41) is 34.8. The van der Waals surface area contributed by atoms with Crippen molar-refractivity contribution in [3.05, 3.63) is 41.3 Å². The number of ether oxygens (including phenoxy) is 3. The predicted molar refractivity (Wildman–Crippen MR) is 170 cm³/mol. The molecule has 3 aromatic heterocycles. The van der Waals surface area contributed by atoms with Crippen molar-refractivity contribution in [1.82, 2.24) is 34.2 Å². The number of hydrogen-bond donors (Lipinski definition) is 1. The molecule has 1 unspecified atom stereocenters. The summed E-state index contributed by atoms with van der Waals surface area (Å²) in [5.41, 5.74) is 5.32. The van der Waals surface area contributed by atoms with Crippen LogP contribution in [0.4, 0.5) is 0 Å². The Hall–Kier alpha value is -4.18. The lowest BCUT2D eigenvalue weighted by atomic mass is 10.0. The molecular weight excluding hydrogens is 572 g/mol. The maximum absolute atomic E-state index is 9.93. The summed E-state index contributed by atoms with van der Waals surface area (Å²) in [4.78, 5) is 2.30. The van der Waals surface area contributed by atoms with Crippen molar-refractivity contribution in [2.24, 2.45) is 0 Å². The van der Waals surface area contributed by atoms with Crippen molar-refractivity contribution in [2.45, 2.75) is 85.0 Å². The normalized spacial score (nSPS) is 18.3. The molecule has 0 radical (unpaired) electrons. The lowest BCUT2D eigenvalue weighted by Gasteiger charge is -2.27. The maximum atomic E-state index is 9.93. The van der Waals surface area contributed by atoms with E-state index in [2.05, 4.69) is 48.1 Å². The van der Waals surface area contributed by atoms with E-state index in [9.17, 15) is 10.4 Å². The van der Waals surface area contributed by atoms with Gasteiger partial charge in [-0.15, -0.1) is 5.10 Å². The highest BCUT2D eigenvalue weighted by atomic mass is 16.5. The molecule has 2 aliphatic rings. The number of aliphatic hydroxyl groups excluding tert-OH is 1. The van der Waals surface area contributed by atoms with E-state index in [0.717, 1.165) is 58.2 Å². The van der Waals surface area contributed by atoms with Crippen molar-refractivity contribution in [2.75, 3.05) is 26.4 Å². The molecular formula is C33H42N8O4. The van der Waals surface area contributed by atoms with E-state index in [4.69, 9.17) is 24.4 Å². The van der Waals surface area contributed by atoms with Crippen LogP contribution in [0.3, 0.4) is 0 Å². The van der Waals surface area contributed by atoms with Crippen LogP contribution in [-0.4, -0.2) is 77.9 Å². The van der Waals surface area contributed by atoms with Gasteiger partial charge in [-0.3, -0.25) is 9.58 Å². The summed E-state index contributed by atoms with van der Waals surface area (Å²) < 4.78 is 24.3. The van der Waals surface area contributed by atoms with E-state index >= 15 is 0 Å². The molecule has 0 aliphatic carbocycles. The molecule has 5 heterocycles. The average molecular weight is 615 g/mol. The Morgan fingerprint density at radius 3 is 2.71 bits per heavy atom. The highest BCUT2D eigenvalue weighted by molar-refractivity contribution is 5.93. The third-order valence-corrected chi connectivity index (χ3v) is 8.32. The first kappa shape index (κ1) is 30.8. The van der Waals surface area contributed by atoms with Gasteiger partial charge in [0.2, 0.25) is 11.8 Å². The van der Waals surface area contributed by atoms with Gasteiger partial charge < -0.3 is 19.3 Å². The number of nitriles is 1. The third kappa shape index (κ3) is 6.33. The molecule has 238 valence electrons. The van der Waals surface area contributed by atoms with E-state index in [-0.39, 0.29) is 31.5 Å². The van der Waals surface area contributed by atoms with Crippen LogP contribution in [0.1, 0.15) is 70.1 Å². The molecule has 1 aromatic carbocycles. The lowest BCUT2D eigenvalue weighted by Crippen LogP contribution is -2.35. The number of hydrogen-bond acceptors (Lipinski definition) is 9. The number of fused-ring (bicyclic) bond motifs is 4. The van der Waals surface area contributed by atoms with Gasteiger partial charge in [-0.2, -0.15) is 15.5 Å². The van der Waals surface area contributed by atoms with Gasteiger partial charge in [-0.25, -0.2) is 9.36 Å². The van der Waals surface area contributed by atoms with E-state index in [1.54, 1.807) is 10.9 Å². The maximum Gasteiger partial charge on any atom is 0.240 e. The SMILES string of the molecule is CC(C)Oc1nn(CCO)c2c1/C=C/c1nn(C3CCCCO3)c3ccc(cc13)-c1cnn(CC#N)c1OCCN(C(C)C)C2. The first-order chi connectivity index (χ1) is 21.9. The summed E-state index contributed by atoms with van der Waals surface area (Å²) in [6, 6.07) is 8.64. The average Bonchev–Trinajstić information content (AvgIpc) is 3.69. The van der Waals surface area contributed by atoms with E-state index < -0.39 is 0 Å². The Bertz CT molecular complexity index is 1700. The van der Waals surface area contributed by atoms with Gasteiger partial charge in [-0.1, -0.05) is 6.07 Å². The van der Waals surface area contributed by atoms with Crippen LogP contribution < -0.4 is 9.47 Å². The minimum Gasteiger partial charge on any atom is -0.476 e. The van der Waals surface area contributed by atoms with Gasteiger partial charge in [0.1, 0.15) is 13.2 Å². The van der Waals surface area contributed by atoms with Crippen LogP contribution in [0.5, 0.6) is 11.8 Å². The highest BCUT2D eigenvalue weighted by Crippen LogP contribution is 2.36. The van der Waals surface area contributed by atoms with Gasteiger partial charge in [0.25, 0.3) is 0 Å². The summed E-state index contributed by atoms with van der Waals surface area (Å²) in [5.74, 6) is 1.09. The lowest BCUT2D eigenvalue weighted by molar-refractivity contribution is -0.0367. The Morgan fingerprint density at radius 2 is 1.98 bits per heavy atom. The first-order valence-corrected chi connectivity index (χ1v) is 15.9. The molecule has 2 bridgehead atoms. The fourth-order valence-corrected chi connectivity index (χ4v) is 6.04. The fourth-order valence-electron chi connectivity index (χ4n) is 6.04. The van der Waals surface area contributed by atoms with Gasteiger partial charge in [0.05, 0.1) is 59.6 Å². The van der Waals surface area contributed by atoms with Crippen LogP contribution >= 0.6 is 0 Å². The Balaban J connectivity index is 1.56. The van der Waals surface area contributed by atoms with Crippen LogP contribution in [0, 0.1) is 11.3 Å². The van der Waals surface area contributed by atoms with Crippen LogP contribution in [0.25, 0.3) is 34.2 Å². The molecule has 2 aliphatic heterocycles. The molecule has 6 rings (SSSR count). The Labute approximate surface area is 263 Å². The largest absolute Gasteiger partial charge is 0.476 e. The molecule has 0 spiro atoms. The van der Waals surface area contributed by atoms with E-state index in [1.807, 2.05) is 35.4 Å². The van der Waals surface area contributed by atoms with Crippen LogP contribution in [-0.2, 0) is 24.4 Å². The number of aromatic nitrogens is 6. The summed E-state index contributed by atoms with van der Waals surface area (Å²) in [6.07, 6.45) is 8.65. The molecule has 12 nitrogen and oxygen atoms in total. The van der Waals surface area contributed by atoms with E-state index in [0.29, 0.717) is 44.6 Å². The number of benzene rings is 1. The van der Waals surface area contributed by atoms with Gasteiger partial charge >= 0.3 is 0 Å². The molecule has 1 N–H and O–H groups in total. The van der Waals surface area contributed by atoms with Crippen molar-refractivity contribution < 1.29 is 19.3 Å². The molecule has 0 amide bonds. The molecule has 1 saturated heterocycles. The number of nitrogens with zero attached hydrogens (tertiary/aromatic N) is 8. The zero-order valence-corrected chi connectivity index (χ0v) is 26.5. The van der Waals surface area contributed by atoms with Crippen molar-refractivity contribution in [3.63, 3.8) is 0 Å². The summed E-state index contributed by atoms with van der Waals surface area (Å²) in [7, 11) is 0. The third-order valence-electron chi connectivity index (χ3n) is 8.32. The monoisotopic (exact) mass is 614 g/mol. The van der Waals surface area contributed by atoms with Crippen molar-refractivity contribution in [1.29, 1.82) is 5.26 Å². The predicted octanol–water partition coefficient (Wildman–Crippen LogP) is 4.87. The Kier molecular flexibility index (Phi) is 9.21. The zero-order valence-electron chi connectivity index (χ0n) is 26.5. The first-order valence-electron chi connectivity index (χ1n) is 15.9. The zero-order chi connectivity index (χ0) is 31.5. The Morgan fingerprint density at radius 1 is 1.11 bits per heavy atom. The van der Waals surface area contributed by atoms with Gasteiger partial charge in [0.15, 0.2) is 6.23 Å².